The first-order chi connectivity index (χ1) is 20.7. The molecule has 2 amide bonds. The van der Waals surface area contributed by atoms with Gasteiger partial charge < -0.3 is 18.9 Å². The van der Waals surface area contributed by atoms with Crippen LogP contribution in [0, 0.1) is 0 Å². The van der Waals surface area contributed by atoms with Gasteiger partial charge in [0.1, 0.15) is 5.60 Å². The number of rotatable bonds is 16. The van der Waals surface area contributed by atoms with E-state index in [4.69, 9.17) is 18.9 Å². The van der Waals surface area contributed by atoms with Crippen LogP contribution in [-0.4, -0.2) is 69.5 Å². The van der Waals surface area contributed by atoms with E-state index in [1.807, 2.05) is 54.6 Å². The van der Waals surface area contributed by atoms with Gasteiger partial charge in [-0.05, 0) is 28.8 Å². The quantitative estimate of drug-likeness (QED) is 0.104. The zero-order valence-corrected chi connectivity index (χ0v) is 23.5. The summed E-state index contributed by atoms with van der Waals surface area (Å²) in [7, 11) is 0. The number of fused-ring (bicyclic) bond motifs is 1. The standard InChI is InChI=1S/C35H35NO6/c37-33-31-18-10-11-19-32(31)34(38)36(33)20-21-39-22-23-40-24-25-41-26-27-42-35(28-12-4-1-5-13-28,29-14-6-2-7-15-29)30-16-8-3-9-17-30/h1-19H,20-27H2. The van der Waals surface area contributed by atoms with Crippen molar-refractivity contribution in [2.75, 3.05) is 52.8 Å². The Morgan fingerprint density at radius 1 is 0.452 bits per heavy atom. The van der Waals surface area contributed by atoms with Gasteiger partial charge in [-0.15, -0.1) is 0 Å². The fourth-order valence-corrected chi connectivity index (χ4v) is 5.16. The van der Waals surface area contributed by atoms with E-state index in [1.165, 1.54) is 4.90 Å². The molecule has 1 heterocycles. The van der Waals surface area contributed by atoms with E-state index >= 15 is 0 Å². The van der Waals surface area contributed by atoms with Crippen LogP contribution in [0.2, 0.25) is 0 Å². The van der Waals surface area contributed by atoms with Crippen LogP contribution >= 0.6 is 0 Å². The number of hydrogen-bond acceptors (Lipinski definition) is 6. The molecule has 7 heteroatoms. The maximum Gasteiger partial charge on any atom is 0.261 e. The summed E-state index contributed by atoms with van der Waals surface area (Å²) in [5.41, 5.74) is 3.27. The minimum atomic E-state index is -0.770. The van der Waals surface area contributed by atoms with Gasteiger partial charge in [0.05, 0.1) is 63.9 Å². The monoisotopic (exact) mass is 565 g/mol. The summed E-state index contributed by atoms with van der Waals surface area (Å²) in [5.74, 6) is -0.546. The summed E-state index contributed by atoms with van der Waals surface area (Å²) in [5, 5.41) is 0. The van der Waals surface area contributed by atoms with Gasteiger partial charge in [-0.3, -0.25) is 14.5 Å². The van der Waals surface area contributed by atoms with Crippen LogP contribution in [0.3, 0.4) is 0 Å². The lowest BCUT2D eigenvalue weighted by atomic mass is 9.80. The second-order valence-electron chi connectivity index (χ2n) is 9.77. The molecule has 0 spiro atoms. The molecule has 0 fully saturated rings. The normalized spacial score (nSPS) is 13.0. The van der Waals surface area contributed by atoms with Crippen LogP contribution in [0.5, 0.6) is 0 Å². The molecular formula is C35H35NO6. The zero-order valence-electron chi connectivity index (χ0n) is 23.5. The van der Waals surface area contributed by atoms with Gasteiger partial charge >= 0.3 is 0 Å². The Balaban J connectivity index is 1.03. The number of imide groups is 1. The summed E-state index contributed by atoms with van der Waals surface area (Å²) >= 11 is 0. The van der Waals surface area contributed by atoms with Gasteiger partial charge in [-0.2, -0.15) is 0 Å². The molecule has 0 radical (unpaired) electrons. The lowest BCUT2D eigenvalue weighted by Gasteiger charge is -2.36. The van der Waals surface area contributed by atoms with E-state index in [-0.39, 0.29) is 25.0 Å². The molecule has 216 valence electrons. The Bertz CT molecular complexity index is 1300. The second-order valence-corrected chi connectivity index (χ2v) is 9.77. The van der Waals surface area contributed by atoms with Gasteiger partial charge in [0.15, 0.2) is 0 Å². The van der Waals surface area contributed by atoms with Crippen LogP contribution in [0.1, 0.15) is 37.4 Å². The summed E-state index contributed by atoms with van der Waals surface area (Å²) in [6, 6.07) is 37.6. The van der Waals surface area contributed by atoms with Crippen LogP contribution in [-0.2, 0) is 24.5 Å². The Hall–Kier alpha value is -4.14. The van der Waals surface area contributed by atoms with E-state index in [1.54, 1.807) is 24.3 Å². The Kier molecular flexibility index (Phi) is 10.2. The van der Waals surface area contributed by atoms with Gasteiger partial charge in [0, 0.05) is 0 Å². The highest BCUT2D eigenvalue weighted by molar-refractivity contribution is 6.21. The molecule has 42 heavy (non-hydrogen) atoms. The van der Waals surface area contributed by atoms with Crippen molar-refractivity contribution in [3.05, 3.63) is 143 Å². The van der Waals surface area contributed by atoms with Gasteiger partial charge in [0.2, 0.25) is 0 Å². The van der Waals surface area contributed by atoms with Crippen molar-refractivity contribution in [1.82, 2.24) is 4.90 Å². The van der Waals surface area contributed by atoms with Crippen LogP contribution in [0.4, 0.5) is 0 Å². The zero-order chi connectivity index (χ0) is 29.0. The number of hydrogen-bond donors (Lipinski definition) is 0. The largest absolute Gasteiger partial charge is 0.377 e. The molecule has 0 bridgehead atoms. The lowest BCUT2D eigenvalue weighted by Crippen LogP contribution is -2.34. The Labute approximate surface area is 246 Å². The third-order valence-corrected chi connectivity index (χ3v) is 7.17. The SMILES string of the molecule is O=C1c2ccccc2C(=O)N1CCOCCOCCOCCOC(c1ccccc1)(c1ccccc1)c1ccccc1. The predicted octanol–water partition coefficient (Wildman–Crippen LogP) is 5.34. The van der Waals surface area contributed by atoms with Gasteiger partial charge in [-0.1, -0.05) is 103 Å². The molecule has 0 saturated carbocycles. The molecule has 0 aromatic heterocycles. The number of nitrogens with zero attached hydrogens (tertiary/aromatic N) is 1. The third-order valence-electron chi connectivity index (χ3n) is 7.17. The highest BCUT2D eigenvalue weighted by Gasteiger charge is 2.37. The van der Waals surface area contributed by atoms with Crippen molar-refractivity contribution < 1.29 is 28.5 Å². The number of amides is 2. The number of ether oxygens (including phenoxy) is 4. The van der Waals surface area contributed by atoms with Gasteiger partial charge in [0.25, 0.3) is 11.8 Å². The van der Waals surface area contributed by atoms with E-state index in [2.05, 4.69) is 36.4 Å². The minimum absolute atomic E-state index is 0.214. The smallest absolute Gasteiger partial charge is 0.261 e. The molecule has 0 unspecified atom stereocenters. The van der Waals surface area contributed by atoms with Gasteiger partial charge in [-0.25, -0.2) is 0 Å². The first-order valence-corrected chi connectivity index (χ1v) is 14.2. The summed E-state index contributed by atoms with van der Waals surface area (Å²) in [6.45, 7) is 2.87. The number of carbonyl (C=O) groups is 2. The fraction of sp³-hybridized carbons (Fsp3) is 0.257. The van der Waals surface area contributed by atoms with Crippen molar-refractivity contribution in [2.45, 2.75) is 5.60 Å². The first-order valence-electron chi connectivity index (χ1n) is 14.2. The van der Waals surface area contributed by atoms with Crippen molar-refractivity contribution >= 4 is 11.8 Å². The van der Waals surface area contributed by atoms with Crippen LogP contribution < -0.4 is 0 Å². The summed E-state index contributed by atoms with van der Waals surface area (Å²) in [6.07, 6.45) is 0. The fourth-order valence-electron chi connectivity index (χ4n) is 5.16. The molecule has 1 aliphatic heterocycles. The average Bonchev–Trinajstić information content (AvgIpc) is 3.29. The van der Waals surface area contributed by atoms with Crippen molar-refractivity contribution in [1.29, 1.82) is 0 Å². The Morgan fingerprint density at radius 2 is 0.810 bits per heavy atom. The van der Waals surface area contributed by atoms with Crippen LogP contribution in [0.15, 0.2) is 115 Å². The maximum absolute atomic E-state index is 12.4. The predicted molar refractivity (Wildman–Crippen MR) is 159 cm³/mol. The third kappa shape index (κ3) is 6.66. The van der Waals surface area contributed by atoms with Crippen LogP contribution in [0.25, 0.3) is 0 Å². The molecular weight excluding hydrogens is 530 g/mol. The molecule has 0 aliphatic carbocycles. The lowest BCUT2D eigenvalue weighted by molar-refractivity contribution is -0.0370. The molecule has 0 saturated heterocycles. The number of benzene rings is 4. The molecule has 4 aromatic rings. The second kappa shape index (κ2) is 14.7. The maximum atomic E-state index is 12.4. The van der Waals surface area contributed by atoms with E-state index < -0.39 is 5.60 Å². The summed E-state index contributed by atoms with van der Waals surface area (Å²) in [4.78, 5) is 26.0. The molecule has 5 rings (SSSR count). The topological polar surface area (TPSA) is 74.3 Å². The van der Waals surface area contributed by atoms with E-state index in [0.717, 1.165) is 16.7 Å². The molecule has 0 N–H and O–H groups in total. The average molecular weight is 566 g/mol. The van der Waals surface area contributed by atoms with E-state index in [9.17, 15) is 9.59 Å². The molecule has 1 aliphatic rings. The number of carbonyl (C=O) groups excluding carboxylic acids is 2. The highest BCUT2D eigenvalue weighted by Crippen LogP contribution is 2.40. The molecule has 7 nitrogen and oxygen atoms in total. The molecule has 0 atom stereocenters. The minimum Gasteiger partial charge on any atom is -0.377 e. The van der Waals surface area contributed by atoms with E-state index in [0.29, 0.717) is 50.8 Å². The highest BCUT2D eigenvalue weighted by atomic mass is 16.6. The Morgan fingerprint density at radius 3 is 1.24 bits per heavy atom. The first kappa shape index (κ1) is 29.4. The molecule has 4 aromatic carbocycles. The van der Waals surface area contributed by atoms with Crippen molar-refractivity contribution in [3.63, 3.8) is 0 Å². The van der Waals surface area contributed by atoms with Crippen molar-refractivity contribution in [3.8, 4) is 0 Å². The van der Waals surface area contributed by atoms with Crippen molar-refractivity contribution in [2.24, 2.45) is 0 Å². The summed E-state index contributed by atoms with van der Waals surface area (Å²) < 4.78 is 23.7.